The minimum atomic E-state index is 0.607. The molecule has 1 aliphatic heterocycles. The number of nitrogens with one attached hydrogen (secondary N) is 1. The van der Waals surface area contributed by atoms with E-state index in [1.165, 1.54) is 19.3 Å². The predicted octanol–water partition coefficient (Wildman–Crippen LogP) is 1.17. The molecule has 0 bridgehead atoms. The molecule has 102 valence electrons. The van der Waals surface area contributed by atoms with Crippen LogP contribution in [0.15, 0.2) is 6.33 Å². The number of aromatic nitrogens is 3. The van der Waals surface area contributed by atoms with Crippen LogP contribution in [-0.2, 0) is 13.6 Å². The molecule has 1 fully saturated rings. The molecule has 1 saturated heterocycles. The van der Waals surface area contributed by atoms with E-state index in [4.69, 9.17) is 0 Å². The van der Waals surface area contributed by atoms with Crippen molar-refractivity contribution in [2.45, 2.75) is 51.7 Å². The zero-order valence-corrected chi connectivity index (χ0v) is 11.8. The molecule has 2 heterocycles. The molecule has 0 saturated carbocycles. The highest BCUT2D eigenvalue weighted by Gasteiger charge is 2.23. The Morgan fingerprint density at radius 3 is 3.00 bits per heavy atom. The van der Waals surface area contributed by atoms with Gasteiger partial charge in [-0.2, -0.15) is 5.10 Å². The lowest BCUT2D eigenvalue weighted by atomic mass is 10.1. The largest absolute Gasteiger partial charge is 0.313 e. The molecule has 1 N–H and O–H groups in total. The molecule has 0 radical (unpaired) electrons. The third-order valence-electron chi connectivity index (χ3n) is 3.86. The Kier molecular flexibility index (Phi) is 4.72. The van der Waals surface area contributed by atoms with Crippen molar-refractivity contribution in [3.63, 3.8) is 0 Å². The van der Waals surface area contributed by atoms with E-state index >= 15 is 0 Å². The molecule has 1 aliphatic rings. The first-order chi connectivity index (χ1) is 8.70. The molecule has 0 spiro atoms. The van der Waals surface area contributed by atoms with E-state index in [0.717, 1.165) is 25.5 Å². The van der Waals surface area contributed by atoms with Gasteiger partial charge in [-0.25, -0.2) is 4.98 Å². The van der Waals surface area contributed by atoms with Crippen LogP contribution >= 0.6 is 0 Å². The molecule has 0 amide bonds. The summed E-state index contributed by atoms with van der Waals surface area (Å²) in [6.07, 6.45) is 5.34. The number of hydrogen-bond donors (Lipinski definition) is 1. The van der Waals surface area contributed by atoms with Gasteiger partial charge in [0.25, 0.3) is 0 Å². The van der Waals surface area contributed by atoms with Gasteiger partial charge in [-0.15, -0.1) is 0 Å². The number of hydrogen-bond acceptors (Lipinski definition) is 4. The standard InChI is InChI=1S/C13H25N5/c1-4-5-12-8-18(11(2)6-7-14-12)9-13-15-10-16-17(13)3/h10-12,14H,4-9H2,1-3H3. The Hall–Kier alpha value is -0.940. The van der Waals surface area contributed by atoms with Gasteiger partial charge in [-0.05, 0) is 26.3 Å². The molecule has 18 heavy (non-hydrogen) atoms. The van der Waals surface area contributed by atoms with Crippen molar-refractivity contribution >= 4 is 0 Å². The molecule has 2 unspecified atom stereocenters. The lowest BCUT2D eigenvalue weighted by molar-refractivity contribution is 0.186. The van der Waals surface area contributed by atoms with Crippen molar-refractivity contribution < 1.29 is 0 Å². The lowest BCUT2D eigenvalue weighted by Crippen LogP contribution is -2.40. The van der Waals surface area contributed by atoms with Crippen LogP contribution in [0.2, 0.25) is 0 Å². The van der Waals surface area contributed by atoms with Crippen molar-refractivity contribution in [1.82, 2.24) is 25.0 Å². The summed E-state index contributed by atoms with van der Waals surface area (Å²) in [5, 5.41) is 7.80. The van der Waals surface area contributed by atoms with Crippen LogP contribution in [0, 0.1) is 0 Å². The molecular weight excluding hydrogens is 226 g/mol. The van der Waals surface area contributed by atoms with Gasteiger partial charge in [0.1, 0.15) is 12.2 Å². The van der Waals surface area contributed by atoms with Crippen molar-refractivity contribution in [2.75, 3.05) is 13.1 Å². The summed E-state index contributed by atoms with van der Waals surface area (Å²) in [5.41, 5.74) is 0. The van der Waals surface area contributed by atoms with E-state index in [1.54, 1.807) is 6.33 Å². The minimum Gasteiger partial charge on any atom is -0.313 e. The van der Waals surface area contributed by atoms with Crippen LogP contribution < -0.4 is 5.32 Å². The highest BCUT2D eigenvalue weighted by molar-refractivity contribution is 4.88. The lowest BCUT2D eigenvalue weighted by Gasteiger charge is -2.28. The van der Waals surface area contributed by atoms with Gasteiger partial charge in [0.2, 0.25) is 0 Å². The zero-order chi connectivity index (χ0) is 13.0. The molecule has 1 aromatic rings. The smallest absolute Gasteiger partial charge is 0.140 e. The third kappa shape index (κ3) is 3.29. The van der Waals surface area contributed by atoms with E-state index in [1.807, 2.05) is 11.7 Å². The first-order valence-electron chi connectivity index (χ1n) is 7.01. The Morgan fingerprint density at radius 2 is 2.33 bits per heavy atom. The van der Waals surface area contributed by atoms with Crippen molar-refractivity contribution in [3.05, 3.63) is 12.2 Å². The fraction of sp³-hybridized carbons (Fsp3) is 0.846. The van der Waals surface area contributed by atoms with Crippen LogP contribution in [0.1, 0.15) is 38.9 Å². The molecule has 5 heteroatoms. The minimum absolute atomic E-state index is 0.607. The zero-order valence-electron chi connectivity index (χ0n) is 11.8. The summed E-state index contributed by atoms with van der Waals surface area (Å²) in [5.74, 6) is 1.05. The average molecular weight is 251 g/mol. The molecule has 5 nitrogen and oxygen atoms in total. The Morgan fingerprint density at radius 1 is 1.50 bits per heavy atom. The second kappa shape index (κ2) is 6.29. The Bertz CT molecular complexity index is 362. The van der Waals surface area contributed by atoms with E-state index in [-0.39, 0.29) is 0 Å². The fourth-order valence-corrected chi connectivity index (χ4v) is 2.61. The first-order valence-corrected chi connectivity index (χ1v) is 7.01. The van der Waals surface area contributed by atoms with E-state index in [0.29, 0.717) is 12.1 Å². The summed E-state index contributed by atoms with van der Waals surface area (Å²) in [6.45, 7) is 7.71. The van der Waals surface area contributed by atoms with Gasteiger partial charge in [0, 0.05) is 25.7 Å². The normalized spacial score (nSPS) is 26.2. The van der Waals surface area contributed by atoms with Crippen LogP contribution in [0.5, 0.6) is 0 Å². The maximum absolute atomic E-state index is 4.34. The molecule has 1 aromatic heterocycles. The number of rotatable bonds is 4. The maximum atomic E-state index is 4.34. The highest BCUT2D eigenvalue weighted by atomic mass is 15.3. The fourth-order valence-electron chi connectivity index (χ4n) is 2.61. The number of aryl methyl sites for hydroxylation is 1. The van der Waals surface area contributed by atoms with Crippen molar-refractivity contribution in [3.8, 4) is 0 Å². The van der Waals surface area contributed by atoms with E-state index < -0.39 is 0 Å². The molecule has 0 aromatic carbocycles. The number of nitrogens with zero attached hydrogens (tertiary/aromatic N) is 4. The van der Waals surface area contributed by atoms with Crippen LogP contribution in [0.25, 0.3) is 0 Å². The maximum Gasteiger partial charge on any atom is 0.140 e. The summed E-state index contributed by atoms with van der Waals surface area (Å²) in [7, 11) is 1.96. The van der Waals surface area contributed by atoms with Gasteiger partial charge < -0.3 is 5.32 Å². The molecule has 2 rings (SSSR count). The summed E-state index contributed by atoms with van der Waals surface area (Å²) >= 11 is 0. The van der Waals surface area contributed by atoms with Gasteiger partial charge in [-0.3, -0.25) is 9.58 Å². The Balaban J connectivity index is 2.01. The van der Waals surface area contributed by atoms with Gasteiger partial charge in [0.15, 0.2) is 0 Å². The van der Waals surface area contributed by atoms with Crippen LogP contribution in [0.4, 0.5) is 0 Å². The van der Waals surface area contributed by atoms with Crippen molar-refractivity contribution in [2.24, 2.45) is 7.05 Å². The van der Waals surface area contributed by atoms with E-state index in [9.17, 15) is 0 Å². The summed E-state index contributed by atoms with van der Waals surface area (Å²) in [4.78, 5) is 6.87. The van der Waals surface area contributed by atoms with E-state index in [2.05, 4.69) is 34.1 Å². The van der Waals surface area contributed by atoms with Crippen molar-refractivity contribution in [1.29, 1.82) is 0 Å². The second-order valence-corrected chi connectivity index (χ2v) is 5.31. The van der Waals surface area contributed by atoms with Gasteiger partial charge >= 0.3 is 0 Å². The second-order valence-electron chi connectivity index (χ2n) is 5.31. The predicted molar refractivity (Wildman–Crippen MR) is 72.2 cm³/mol. The molecular formula is C13H25N5. The van der Waals surface area contributed by atoms with Crippen LogP contribution in [-0.4, -0.2) is 44.8 Å². The molecule has 2 atom stereocenters. The average Bonchev–Trinajstić information content (AvgIpc) is 2.65. The third-order valence-corrected chi connectivity index (χ3v) is 3.86. The van der Waals surface area contributed by atoms with Gasteiger partial charge in [0.05, 0.1) is 6.54 Å². The Labute approximate surface area is 110 Å². The van der Waals surface area contributed by atoms with Crippen LogP contribution in [0.3, 0.4) is 0 Å². The first kappa shape index (κ1) is 13.5. The SMILES string of the molecule is CCCC1CN(Cc2ncnn2C)C(C)CCN1. The topological polar surface area (TPSA) is 46.0 Å². The highest BCUT2D eigenvalue weighted by Crippen LogP contribution is 2.14. The quantitative estimate of drug-likeness (QED) is 0.872. The molecule has 0 aliphatic carbocycles. The van der Waals surface area contributed by atoms with Gasteiger partial charge in [-0.1, -0.05) is 13.3 Å². The summed E-state index contributed by atoms with van der Waals surface area (Å²) in [6, 6.07) is 1.23. The summed E-state index contributed by atoms with van der Waals surface area (Å²) < 4.78 is 1.87. The monoisotopic (exact) mass is 251 g/mol.